The standard InChI is InChI=1S/C11H14N2O3/c1-7(12)10(14)13(2)9-5-3-8(4-6-9)11(15)16/h3-7H,12H2,1-2H3,(H,15,16). The van der Waals surface area contributed by atoms with Crippen molar-refractivity contribution in [1.82, 2.24) is 0 Å². The van der Waals surface area contributed by atoms with Crippen LogP contribution >= 0.6 is 0 Å². The van der Waals surface area contributed by atoms with Gasteiger partial charge in [0.1, 0.15) is 0 Å². The summed E-state index contributed by atoms with van der Waals surface area (Å²) in [5.41, 5.74) is 6.27. The Bertz CT molecular complexity index is 398. The lowest BCUT2D eigenvalue weighted by atomic mass is 10.2. The fourth-order valence-electron chi connectivity index (χ4n) is 1.26. The average Bonchev–Trinajstić information content (AvgIpc) is 2.27. The van der Waals surface area contributed by atoms with Gasteiger partial charge in [0.05, 0.1) is 11.6 Å². The number of hydrogen-bond donors (Lipinski definition) is 2. The molecule has 0 radical (unpaired) electrons. The number of nitrogens with zero attached hydrogens (tertiary/aromatic N) is 1. The van der Waals surface area contributed by atoms with Gasteiger partial charge in [0.2, 0.25) is 5.91 Å². The number of carbonyl (C=O) groups excluding carboxylic acids is 1. The van der Waals surface area contributed by atoms with Gasteiger partial charge in [-0.3, -0.25) is 4.79 Å². The number of carboxylic acids is 1. The van der Waals surface area contributed by atoms with Gasteiger partial charge in [-0.25, -0.2) is 4.79 Å². The van der Waals surface area contributed by atoms with Gasteiger partial charge in [0, 0.05) is 12.7 Å². The third-order valence-corrected chi connectivity index (χ3v) is 2.22. The smallest absolute Gasteiger partial charge is 0.335 e. The molecule has 0 aliphatic heterocycles. The predicted molar refractivity (Wildman–Crippen MR) is 60.5 cm³/mol. The van der Waals surface area contributed by atoms with Crippen LogP contribution in [-0.4, -0.2) is 30.1 Å². The van der Waals surface area contributed by atoms with E-state index in [1.165, 1.54) is 17.0 Å². The van der Waals surface area contributed by atoms with Crippen molar-refractivity contribution in [2.24, 2.45) is 5.73 Å². The van der Waals surface area contributed by atoms with Gasteiger partial charge in [-0.05, 0) is 31.2 Å². The van der Waals surface area contributed by atoms with Crippen molar-refractivity contribution in [3.63, 3.8) is 0 Å². The van der Waals surface area contributed by atoms with E-state index in [4.69, 9.17) is 10.8 Å². The summed E-state index contributed by atoms with van der Waals surface area (Å²) in [7, 11) is 1.60. The highest BCUT2D eigenvalue weighted by atomic mass is 16.4. The molecule has 0 bridgehead atoms. The molecular formula is C11H14N2O3. The van der Waals surface area contributed by atoms with Gasteiger partial charge in [-0.1, -0.05) is 0 Å². The van der Waals surface area contributed by atoms with Crippen molar-refractivity contribution in [2.45, 2.75) is 13.0 Å². The van der Waals surface area contributed by atoms with E-state index in [0.29, 0.717) is 5.69 Å². The predicted octanol–water partition coefficient (Wildman–Crippen LogP) is 0.695. The lowest BCUT2D eigenvalue weighted by Gasteiger charge is -2.19. The summed E-state index contributed by atoms with van der Waals surface area (Å²) < 4.78 is 0. The van der Waals surface area contributed by atoms with Crippen LogP contribution in [-0.2, 0) is 4.79 Å². The number of rotatable bonds is 3. The molecule has 0 spiro atoms. The fraction of sp³-hybridized carbons (Fsp3) is 0.273. The number of carboxylic acid groups (broad SMARTS) is 1. The Balaban J connectivity index is 2.89. The van der Waals surface area contributed by atoms with Gasteiger partial charge < -0.3 is 15.7 Å². The van der Waals surface area contributed by atoms with Crippen molar-refractivity contribution in [1.29, 1.82) is 0 Å². The van der Waals surface area contributed by atoms with Crippen LogP contribution in [0, 0.1) is 0 Å². The summed E-state index contributed by atoms with van der Waals surface area (Å²) in [4.78, 5) is 23.6. The topological polar surface area (TPSA) is 83.6 Å². The van der Waals surface area contributed by atoms with Crippen LogP contribution in [0.1, 0.15) is 17.3 Å². The summed E-state index contributed by atoms with van der Waals surface area (Å²) in [6.07, 6.45) is 0. The first-order chi connectivity index (χ1) is 7.43. The molecule has 5 nitrogen and oxygen atoms in total. The zero-order valence-corrected chi connectivity index (χ0v) is 9.18. The average molecular weight is 222 g/mol. The van der Waals surface area contributed by atoms with Crippen LogP contribution < -0.4 is 10.6 Å². The van der Waals surface area contributed by atoms with Crippen LogP contribution in [0.15, 0.2) is 24.3 Å². The molecule has 1 atom stereocenters. The highest BCUT2D eigenvalue weighted by Crippen LogP contribution is 2.14. The third kappa shape index (κ3) is 2.58. The highest BCUT2D eigenvalue weighted by Gasteiger charge is 2.15. The Hall–Kier alpha value is -1.88. The number of nitrogens with two attached hydrogens (primary N) is 1. The van der Waals surface area contributed by atoms with E-state index < -0.39 is 12.0 Å². The second-order valence-electron chi connectivity index (χ2n) is 3.54. The second-order valence-corrected chi connectivity index (χ2v) is 3.54. The summed E-state index contributed by atoms with van der Waals surface area (Å²) in [6.45, 7) is 1.60. The van der Waals surface area contributed by atoms with Crippen molar-refractivity contribution in [3.8, 4) is 0 Å². The molecule has 3 N–H and O–H groups in total. The van der Waals surface area contributed by atoms with E-state index in [0.717, 1.165) is 0 Å². The molecule has 1 amide bonds. The van der Waals surface area contributed by atoms with Crippen LogP contribution in [0.2, 0.25) is 0 Å². The summed E-state index contributed by atoms with van der Waals surface area (Å²) in [5, 5.41) is 8.71. The van der Waals surface area contributed by atoms with E-state index in [1.54, 1.807) is 26.1 Å². The minimum Gasteiger partial charge on any atom is -0.478 e. The molecule has 1 unspecified atom stereocenters. The normalized spacial score (nSPS) is 11.9. The van der Waals surface area contributed by atoms with Crippen molar-refractivity contribution in [3.05, 3.63) is 29.8 Å². The van der Waals surface area contributed by atoms with Crippen molar-refractivity contribution < 1.29 is 14.7 Å². The largest absolute Gasteiger partial charge is 0.478 e. The Labute approximate surface area is 93.5 Å². The van der Waals surface area contributed by atoms with Crippen LogP contribution in [0.4, 0.5) is 5.69 Å². The van der Waals surface area contributed by atoms with E-state index in [-0.39, 0.29) is 11.5 Å². The quantitative estimate of drug-likeness (QED) is 0.788. The minimum absolute atomic E-state index is 0.186. The fourth-order valence-corrected chi connectivity index (χ4v) is 1.26. The summed E-state index contributed by atoms with van der Waals surface area (Å²) in [5.74, 6) is -1.21. The van der Waals surface area contributed by atoms with Gasteiger partial charge in [-0.15, -0.1) is 0 Å². The molecule has 0 aliphatic carbocycles. The number of hydrogen-bond acceptors (Lipinski definition) is 3. The molecule has 0 saturated heterocycles. The Kier molecular flexibility index (Phi) is 3.63. The summed E-state index contributed by atoms with van der Waals surface area (Å²) in [6, 6.07) is 5.46. The Morgan fingerprint density at radius 1 is 1.31 bits per heavy atom. The molecule has 5 heteroatoms. The van der Waals surface area contributed by atoms with Gasteiger partial charge in [-0.2, -0.15) is 0 Å². The zero-order valence-electron chi connectivity index (χ0n) is 9.18. The van der Waals surface area contributed by atoms with Gasteiger partial charge in [0.15, 0.2) is 0 Å². The van der Waals surface area contributed by atoms with E-state index in [1.807, 2.05) is 0 Å². The molecule has 1 rings (SSSR count). The van der Waals surface area contributed by atoms with Gasteiger partial charge >= 0.3 is 5.97 Å². The van der Waals surface area contributed by atoms with Gasteiger partial charge in [0.25, 0.3) is 0 Å². The maximum atomic E-state index is 11.5. The van der Waals surface area contributed by atoms with E-state index in [9.17, 15) is 9.59 Å². The second kappa shape index (κ2) is 4.76. The van der Waals surface area contributed by atoms with E-state index >= 15 is 0 Å². The van der Waals surface area contributed by atoms with Crippen LogP contribution in [0.3, 0.4) is 0 Å². The number of aromatic carboxylic acids is 1. The third-order valence-electron chi connectivity index (χ3n) is 2.22. The summed E-state index contributed by atoms with van der Waals surface area (Å²) >= 11 is 0. The molecule has 0 aliphatic rings. The number of carbonyl (C=O) groups is 2. The maximum Gasteiger partial charge on any atom is 0.335 e. The Morgan fingerprint density at radius 3 is 2.19 bits per heavy atom. The molecule has 0 fully saturated rings. The number of anilines is 1. The number of benzene rings is 1. The first kappa shape index (κ1) is 12.2. The maximum absolute atomic E-state index is 11.5. The monoisotopic (exact) mass is 222 g/mol. The van der Waals surface area contributed by atoms with Crippen LogP contribution in [0.25, 0.3) is 0 Å². The molecule has 1 aromatic rings. The molecule has 16 heavy (non-hydrogen) atoms. The first-order valence-corrected chi connectivity index (χ1v) is 4.80. The molecular weight excluding hydrogens is 208 g/mol. The van der Waals surface area contributed by atoms with Crippen LogP contribution in [0.5, 0.6) is 0 Å². The number of likely N-dealkylation sites (N-methyl/N-ethyl adjacent to an activating group) is 1. The Morgan fingerprint density at radius 2 is 1.81 bits per heavy atom. The molecule has 0 heterocycles. The van der Waals surface area contributed by atoms with Crippen molar-refractivity contribution >= 4 is 17.6 Å². The molecule has 0 aromatic heterocycles. The minimum atomic E-state index is -0.993. The molecule has 86 valence electrons. The highest BCUT2D eigenvalue weighted by molar-refractivity contribution is 5.96. The van der Waals surface area contributed by atoms with Crippen molar-refractivity contribution in [2.75, 3.05) is 11.9 Å². The zero-order chi connectivity index (χ0) is 12.3. The van der Waals surface area contributed by atoms with E-state index in [2.05, 4.69) is 0 Å². The molecule has 1 aromatic carbocycles. The lowest BCUT2D eigenvalue weighted by Crippen LogP contribution is -2.39. The SMILES string of the molecule is CC(N)C(=O)N(C)c1ccc(C(=O)O)cc1. The molecule has 0 saturated carbocycles. The number of amides is 1. The lowest BCUT2D eigenvalue weighted by molar-refractivity contribution is -0.119. The first-order valence-electron chi connectivity index (χ1n) is 4.80.